The summed E-state index contributed by atoms with van der Waals surface area (Å²) < 4.78 is 11.3. The van der Waals surface area contributed by atoms with Crippen molar-refractivity contribution in [3.05, 3.63) is 58.7 Å². The molecule has 280 valence electrons. The van der Waals surface area contributed by atoms with E-state index in [0.717, 1.165) is 90.4 Å². The minimum atomic E-state index is -0.646. The Kier molecular flexibility index (Phi) is 12.0. The molecule has 4 aliphatic heterocycles. The molecule has 0 radical (unpaired) electrons. The number of aliphatic imine (C=N–C) groups is 2. The summed E-state index contributed by atoms with van der Waals surface area (Å²) in [5, 5.41) is 13.0. The standard InChI is InChI=1S/C40H55N7O5/c1-6-25(4)37(46-40(50)51-5)39(49)47-17-9-10-32(47)38-43-23-31(45-38)26-14-15-33-29(19-26)20-28-13-12-27(21-34(28)52-33)30-22-42-35(44-30)11-7-8-16-41-36(48)18-24(2)3/h12-15,19,21,24-25,30-32,37H,6-11,16-18,20,22-23H2,1-5H3,(H,41,48)(H,42,44)(H,43,45)(H,46,50)/t25-,30?,31?,32-,37-/m0/s1. The summed E-state index contributed by atoms with van der Waals surface area (Å²) in [4.78, 5) is 49.2. The van der Waals surface area contributed by atoms with E-state index >= 15 is 0 Å². The van der Waals surface area contributed by atoms with E-state index in [4.69, 9.17) is 19.5 Å². The van der Waals surface area contributed by atoms with E-state index in [1.165, 1.54) is 7.11 Å². The van der Waals surface area contributed by atoms with Crippen molar-refractivity contribution in [2.24, 2.45) is 21.8 Å². The fourth-order valence-electron chi connectivity index (χ4n) is 7.54. The first-order valence-corrected chi connectivity index (χ1v) is 19.1. The van der Waals surface area contributed by atoms with E-state index in [-0.39, 0.29) is 35.9 Å². The maximum Gasteiger partial charge on any atom is 0.407 e. The molecule has 3 amide bonds. The van der Waals surface area contributed by atoms with Gasteiger partial charge in [-0.15, -0.1) is 0 Å². The molecule has 12 nitrogen and oxygen atoms in total. The lowest BCUT2D eigenvalue weighted by molar-refractivity contribution is -0.134. The second-order valence-electron chi connectivity index (χ2n) is 15.0. The molecule has 1 fully saturated rings. The van der Waals surface area contributed by atoms with E-state index in [0.29, 0.717) is 38.5 Å². The molecule has 2 aromatic rings. The predicted octanol–water partition coefficient (Wildman–Crippen LogP) is 5.56. The molecular formula is C40H55N7O5. The van der Waals surface area contributed by atoms with Crippen LogP contribution in [0.5, 0.6) is 11.5 Å². The summed E-state index contributed by atoms with van der Waals surface area (Å²) in [6.45, 7) is 10.7. The van der Waals surface area contributed by atoms with E-state index < -0.39 is 12.1 Å². The topological polar surface area (TPSA) is 146 Å². The Balaban J connectivity index is 1.01. The van der Waals surface area contributed by atoms with Gasteiger partial charge in [0, 0.05) is 32.4 Å². The average Bonchev–Trinajstić information content (AvgIpc) is 3.93. The molecule has 6 rings (SSSR count). The number of carbonyl (C=O) groups is 3. The summed E-state index contributed by atoms with van der Waals surface area (Å²) in [6.07, 6.45) is 6.02. The van der Waals surface area contributed by atoms with Gasteiger partial charge in [0.2, 0.25) is 11.8 Å². The number of amides is 3. The van der Waals surface area contributed by atoms with E-state index in [1.54, 1.807) is 0 Å². The van der Waals surface area contributed by atoms with Gasteiger partial charge in [-0.3, -0.25) is 19.6 Å². The van der Waals surface area contributed by atoms with Gasteiger partial charge in [0.05, 0.1) is 44.2 Å². The quantitative estimate of drug-likeness (QED) is 0.160. The lowest BCUT2D eigenvalue weighted by atomic mass is 9.94. The molecular weight excluding hydrogens is 658 g/mol. The van der Waals surface area contributed by atoms with Crippen LogP contribution in [0.15, 0.2) is 46.4 Å². The van der Waals surface area contributed by atoms with Gasteiger partial charge in [-0.05, 0) is 78.0 Å². The van der Waals surface area contributed by atoms with Crippen LogP contribution in [0.1, 0.15) is 107 Å². The minimum absolute atomic E-state index is 0.00597. The van der Waals surface area contributed by atoms with Crippen molar-refractivity contribution in [2.45, 2.75) is 103 Å². The highest BCUT2D eigenvalue weighted by Gasteiger charge is 2.40. The number of benzene rings is 2. The lowest BCUT2D eigenvalue weighted by Gasteiger charge is -2.32. The number of hydrogen-bond donors (Lipinski definition) is 4. The molecule has 0 saturated carbocycles. The number of unbranched alkanes of at least 4 members (excludes halogenated alkanes) is 1. The number of carbonyl (C=O) groups excluding carboxylic acids is 3. The number of methoxy groups -OCH3 is 1. The largest absolute Gasteiger partial charge is 0.457 e. The van der Waals surface area contributed by atoms with Crippen molar-refractivity contribution in [1.29, 1.82) is 0 Å². The van der Waals surface area contributed by atoms with E-state index in [1.807, 2.05) is 18.7 Å². The van der Waals surface area contributed by atoms with Crippen LogP contribution in [0.2, 0.25) is 0 Å². The minimum Gasteiger partial charge on any atom is -0.457 e. The second kappa shape index (κ2) is 16.8. The molecule has 1 saturated heterocycles. The number of nitrogens with zero attached hydrogens (tertiary/aromatic N) is 3. The van der Waals surface area contributed by atoms with Gasteiger partial charge in [0.15, 0.2) is 0 Å². The zero-order valence-corrected chi connectivity index (χ0v) is 31.3. The molecule has 4 N–H and O–H groups in total. The first-order chi connectivity index (χ1) is 25.1. The molecule has 4 heterocycles. The van der Waals surface area contributed by atoms with Crippen LogP contribution in [-0.2, 0) is 20.7 Å². The fourth-order valence-corrected chi connectivity index (χ4v) is 7.54. The van der Waals surface area contributed by atoms with Crippen molar-refractivity contribution < 1.29 is 23.9 Å². The lowest BCUT2D eigenvalue weighted by Crippen LogP contribution is -2.55. The zero-order valence-electron chi connectivity index (χ0n) is 31.3. The molecule has 2 aromatic carbocycles. The third-order valence-electron chi connectivity index (χ3n) is 10.7. The normalized spacial score (nSPS) is 21.5. The third kappa shape index (κ3) is 8.70. The van der Waals surface area contributed by atoms with Crippen LogP contribution in [0.3, 0.4) is 0 Å². The van der Waals surface area contributed by atoms with Crippen molar-refractivity contribution in [2.75, 3.05) is 33.3 Å². The summed E-state index contributed by atoms with van der Waals surface area (Å²) in [7, 11) is 1.31. The molecule has 5 atom stereocenters. The number of likely N-dealkylation sites (tertiary alicyclic amines) is 1. The Hall–Kier alpha value is -4.61. The monoisotopic (exact) mass is 713 g/mol. The van der Waals surface area contributed by atoms with E-state index in [9.17, 15) is 14.4 Å². The number of rotatable bonds is 14. The highest BCUT2D eigenvalue weighted by atomic mass is 16.5. The van der Waals surface area contributed by atoms with Crippen LogP contribution < -0.4 is 26.0 Å². The number of hydrogen-bond acceptors (Lipinski definition) is 9. The summed E-state index contributed by atoms with van der Waals surface area (Å²) in [5.41, 5.74) is 4.59. The van der Waals surface area contributed by atoms with E-state index in [2.05, 4.69) is 71.5 Å². The van der Waals surface area contributed by atoms with Gasteiger partial charge in [-0.1, -0.05) is 52.3 Å². The van der Waals surface area contributed by atoms with Crippen LogP contribution in [-0.4, -0.2) is 79.9 Å². The molecule has 4 aliphatic rings. The van der Waals surface area contributed by atoms with Gasteiger partial charge in [-0.2, -0.15) is 0 Å². The Labute approximate surface area is 307 Å². The summed E-state index contributed by atoms with van der Waals surface area (Å²) in [6, 6.07) is 12.2. The maximum absolute atomic E-state index is 13.7. The van der Waals surface area contributed by atoms with Gasteiger partial charge in [0.1, 0.15) is 23.4 Å². The van der Waals surface area contributed by atoms with Crippen molar-refractivity contribution in [1.82, 2.24) is 26.2 Å². The number of ether oxygens (including phenoxy) is 2. The molecule has 0 aromatic heterocycles. The maximum atomic E-state index is 13.7. The summed E-state index contributed by atoms with van der Waals surface area (Å²) >= 11 is 0. The van der Waals surface area contributed by atoms with Crippen LogP contribution in [0.4, 0.5) is 4.79 Å². The smallest absolute Gasteiger partial charge is 0.407 e. The fraction of sp³-hybridized carbons (Fsp3) is 0.575. The SMILES string of the molecule is CC[C@H](C)[C@H](NC(=O)OC)C(=O)N1CCC[C@H]1C1=NCC(c2ccc3c(c2)Cc2ccc(C4CN=C(CCCCNC(=O)CC(C)C)N4)cc2O3)N1. The molecule has 0 bridgehead atoms. The average molecular weight is 714 g/mol. The highest BCUT2D eigenvalue weighted by molar-refractivity contribution is 5.95. The molecule has 12 heteroatoms. The van der Waals surface area contributed by atoms with Crippen molar-refractivity contribution >= 4 is 29.6 Å². The number of amidine groups is 2. The number of nitrogens with one attached hydrogen (secondary N) is 4. The van der Waals surface area contributed by atoms with Gasteiger partial charge in [0.25, 0.3) is 0 Å². The van der Waals surface area contributed by atoms with Crippen LogP contribution in [0, 0.1) is 11.8 Å². The predicted molar refractivity (Wildman–Crippen MR) is 202 cm³/mol. The van der Waals surface area contributed by atoms with Crippen molar-refractivity contribution in [3.63, 3.8) is 0 Å². The molecule has 0 aliphatic carbocycles. The summed E-state index contributed by atoms with van der Waals surface area (Å²) in [5.74, 6) is 4.00. The molecule has 0 spiro atoms. The Morgan fingerprint density at radius 3 is 2.54 bits per heavy atom. The van der Waals surface area contributed by atoms with Crippen molar-refractivity contribution in [3.8, 4) is 11.5 Å². The zero-order chi connectivity index (χ0) is 36.8. The number of alkyl carbamates (subject to hydrolysis) is 1. The first-order valence-electron chi connectivity index (χ1n) is 19.1. The van der Waals surface area contributed by atoms with Gasteiger partial charge < -0.3 is 35.6 Å². The Morgan fingerprint density at radius 2 is 1.75 bits per heavy atom. The van der Waals surface area contributed by atoms with Crippen LogP contribution in [0.25, 0.3) is 0 Å². The van der Waals surface area contributed by atoms with Crippen LogP contribution >= 0.6 is 0 Å². The Bertz CT molecular complexity index is 1690. The number of fused-ring (bicyclic) bond motifs is 2. The Morgan fingerprint density at radius 1 is 0.981 bits per heavy atom. The van der Waals surface area contributed by atoms with Gasteiger partial charge in [-0.25, -0.2) is 4.79 Å². The first kappa shape index (κ1) is 37.2. The highest BCUT2D eigenvalue weighted by Crippen LogP contribution is 2.39. The molecule has 2 unspecified atom stereocenters. The second-order valence-corrected chi connectivity index (χ2v) is 15.0. The molecule has 52 heavy (non-hydrogen) atoms. The third-order valence-corrected chi connectivity index (χ3v) is 10.7. The van der Waals surface area contributed by atoms with Gasteiger partial charge >= 0.3 is 6.09 Å².